The summed E-state index contributed by atoms with van der Waals surface area (Å²) in [5.74, 6) is 1.42. The van der Waals surface area contributed by atoms with Crippen LogP contribution in [0.4, 0.5) is 17.2 Å². The average Bonchev–Trinajstić information content (AvgIpc) is 3.66. The van der Waals surface area contributed by atoms with Gasteiger partial charge in [0, 0.05) is 30.2 Å². The predicted octanol–water partition coefficient (Wildman–Crippen LogP) is 3.40. The Morgan fingerprint density at radius 3 is 2.94 bits per heavy atom. The molecule has 0 saturated heterocycles. The highest BCUT2D eigenvalue weighted by Gasteiger charge is 2.30. The molecule has 1 fully saturated rings. The van der Waals surface area contributed by atoms with Crippen LogP contribution in [-0.4, -0.2) is 41.0 Å². The molecule has 8 nitrogen and oxygen atoms in total. The molecule has 32 heavy (non-hydrogen) atoms. The maximum Gasteiger partial charge on any atom is 0.349 e. The van der Waals surface area contributed by atoms with Gasteiger partial charge in [0.05, 0.1) is 31.9 Å². The van der Waals surface area contributed by atoms with E-state index >= 15 is 0 Å². The lowest BCUT2D eigenvalue weighted by molar-refractivity contribution is 0.132. The summed E-state index contributed by atoms with van der Waals surface area (Å²) in [7, 11) is 1.65. The molecule has 1 saturated carbocycles. The second kappa shape index (κ2) is 8.26. The number of aliphatic hydroxyl groups excluding tert-OH is 1. The summed E-state index contributed by atoms with van der Waals surface area (Å²) < 4.78 is 12.9. The Morgan fingerprint density at radius 1 is 1.34 bits per heavy atom. The van der Waals surface area contributed by atoms with Gasteiger partial charge in [-0.15, -0.1) is 0 Å². The molecule has 1 aliphatic carbocycles. The van der Waals surface area contributed by atoms with Crippen molar-refractivity contribution in [3.63, 3.8) is 0 Å². The van der Waals surface area contributed by atoms with Crippen molar-refractivity contribution >= 4 is 28.1 Å². The van der Waals surface area contributed by atoms with Crippen LogP contribution in [0, 0.1) is 6.57 Å². The third kappa shape index (κ3) is 3.49. The van der Waals surface area contributed by atoms with Crippen LogP contribution >= 0.6 is 0 Å². The van der Waals surface area contributed by atoms with Crippen LogP contribution < -0.4 is 15.3 Å². The molecule has 0 radical (unpaired) electrons. The molecule has 2 aliphatic rings. The molecule has 2 heterocycles. The quantitative estimate of drug-likeness (QED) is 0.623. The van der Waals surface area contributed by atoms with Crippen molar-refractivity contribution in [1.29, 1.82) is 0 Å². The minimum atomic E-state index is -0.388. The normalized spacial score (nSPS) is 15.8. The van der Waals surface area contributed by atoms with E-state index in [0.29, 0.717) is 53.8 Å². The molecule has 8 heteroatoms. The number of anilines is 2. The number of fused-ring (bicyclic) bond motifs is 2. The van der Waals surface area contributed by atoms with E-state index in [2.05, 4.69) is 28.0 Å². The minimum absolute atomic E-state index is 0.0701. The lowest BCUT2D eigenvalue weighted by Crippen LogP contribution is -2.28. The Bertz CT molecular complexity index is 1290. The number of ether oxygens (including phenoxy) is 2. The first kappa shape index (κ1) is 20.5. The number of aliphatic hydroxyl groups is 1. The Labute approximate surface area is 185 Å². The Balaban J connectivity index is 1.73. The van der Waals surface area contributed by atoms with Gasteiger partial charge in [-0.1, -0.05) is 12.1 Å². The highest BCUT2D eigenvalue weighted by atomic mass is 16.5. The smallest absolute Gasteiger partial charge is 0.349 e. The standard InChI is InChI=1S/C24H24N4O4/c1-25-19-12-17-21(13-22(19)32-11-9-29)27(2)24(30)26-23(17)28-8-10-31-14-18-16(15-6-7-15)4-3-5-20(18)28/h3-5,12-13,15,29H,6-11,14H2,2H3. The fourth-order valence-electron chi connectivity index (χ4n) is 4.36. The lowest BCUT2D eigenvalue weighted by atomic mass is 10.0. The zero-order valence-corrected chi connectivity index (χ0v) is 17.9. The molecular weight excluding hydrogens is 408 g/mol. The zero-order valence-electron chi connectivity index (χ0n) is 17.9. The van der Waals surface area contributed by atoms with Gasteiger partial charge in [0.15, 0.2) is 0 Å². The van der Waals surface area contributed by atoms with Crippen molar-refractivity contribution in [1.82, 2.24) is 9.55 Å². The number of nitrogens with zero attached hydrogens (tertiary/aromatic N) is 4. The highest BCUT2D eigenvalue weighted by Crippen LogP contribution is 2.46. The van der Waals surface area contributed by atoms with Crippen LogP contribution in [0.15, 0.2) is 35.1 Å². The van der Waals surface area contributed by atoms with Crippen LogP contribution in [0.5, 0.6) is 5.75 Å². The molecule has 5 rings (SSSR count). The third-order valence-corrected chi connectivity index (χ3v) is 6.09. The number of aryl methyl sites for hydroxylation is 1. The van der Waals surface area contributed by atoms with E-state index < -0.39 is 0 Å². The van der Waals surface area contributed by atoms with Crippen molar-refractivity contribution in [2.45, 2.75) is 25.4 Å². The average molecular weight is 432 g/mol. The van der Waals surface area contributed by atoms with Gasteiger partial charge >= 0.3 is 5.69 Å². The first-order valence-electron chi connectivity index (χ1n) is 10.8. The number of hydrogen-bond donors (Lipinski definition) is 1. The first-order valence-corrected chi connectivity index (χ1v) is 10.8. The summed E-state index contributed by atoms with van der Waals surface area (Å²) in [5.41, 5.74) is 4.00. The Morgan fingerprint density at radius 2 is 2.19 bits per heavy atom. The summed E-state index contributed by atoms with van der Waals surface area (Å²) in [6.45, 7) is 9.10. The van der Waals surface area contributed by atoms with Crippen molar-refractivity contribution in [2.75, 3.05) is 31.3 Å². The monoisotopic (exact) mass is 432 g/mol. The van der Waals surface area contributed by atoms with Gasteiger partial charge in [-0.3, -0.25) is 4.57 Å². The van der Waals surface area contributed by atoms with E-state index in [1.165, 1.54) is 23.0 Å². The van der Waals surface area contributed by atoms with Crippen molar-refractivity contribution in [3.05, 3.63) is 63.4 Å². The lowest BCUT2D eigenvalue weighted by Gasteiger charge is -2.26. The molecular formula is C24H24N4O4. The first-order chi connectivity index (χ1) is 15.6. The molecule has 2 aromatic carbocycles. The van der Waals surface area contributed by atoms with Gasteiger partial charge in [0.1, 0.15) is 18.2 Å². The topological polar surface area (TPSA) is 81.2 Å². The molecule has 0 unspecified atom stereocenters. The maximum atomic E-state index is 12.8. The number of benzene rings is 2. The molecule has 0 bridgehead atoms. The molecule has 1 aliphatic heterocycles. The summed E-state index contributed by atoms with van der Waals surface area (Å²) in [6, 6.07) is 9.67. The molecule has 0 atom stereocenters. The number of rotatable bonds is 5. The summed E-state index contributed by atoms with van der Waals surface area (Å²) in [5, 5.41) is 9.81. The molecule has 3 aromatic rings. The molecule has 1 aromatic heterocycles. The van der Waals surface area contributed by atoms with E-state index in [1.54, 1.807) is 19.2 Å². The van der Waals surface area contributed by atoms with Crippen LogP contribution in [0.3, 0.4) is 0 Å². The Hall–Kier alpha value is -3.41. The summed E-state index contributed by atoms with van der Waals surface area (Å²) >= 11 is 0. The number of aromatic nitrogens is 2. The Kier molecular flexibility index (Phi) is 5.29. The van der Waals surface area contributed by atoms with Gasteiger partial charge in [-0.05, 0) is 42.5 Å². The van der Waals surface area contributed by atoms with E-state index in [0.717, 1.165) is 11.3 Å². The second-order valence-corrected chi connectivity index (χ2v) is 8.12. The van der Waals surface area contributed by atoms with Crippen LogP contribution in [-0.2, 0) is 18.4 Å². The van der Waals surface area contributed by atoms with Gasteiger partial charge in [-0.25, -0.2) is 9.64 Å². The van der Waals surface area contributed by atoms with Crippen molar-refractivity contribution in [3.8, 4) is 5.75 Å². The molecule has 0 spiro atoms. The molecule has 0 amide bonds. The minimum Gasteiger partial charge on any atom is -0.502 e. The SMILES string of the molecule is [C-]#[N+]c1cc2c(N3CCOCc4c(C5CC5)cccc43)nc(=O)n(C)c2cc1OCCO. The molecule has 164 valence electrons. The van der Waals surface area contributed by atoms with E-state index in [1.807, 2.05) is 4.90 Å². The fraction of sp³-hybridized carbons (Fsp3) is 0.375. The van der Waals surface area contributed by atoms with Gasteiger partial charge in [0.2, 0.25) is 5.69 Å². The maximum absolute atomic E-state index is 12.8. The number of hydrogen-bond acceptors (Lipinski definition) is 6. The summed E-state index contributed by atoms with van der Waals surface area (Å²) in [4.78, 5) is 22.9. The third-order valence-electron chi connectivity index (χ3n) is 6.09. The van der Waals surface area contributed by atoms with Crippen LogP contribution in [0.2, 0.25) is 0 Å². The second-order valence-electron chi connectivity index (χ2n) is 8.12. The molecule has 1 N–H and O–H groups in total. The van der Waals surface area contributed by atoms with Crippen molar-refractivity contribution in [2.24, 2.45) is 7.05 Å². The van der Waals surface area contributed by atoms with Gasteiger partial charge in [-0.2, -0.15) is 4.98 Å². The highest BCUT2D eigenvalue weighted by molar-refractivity contribution is 5.96. The van der Waals surface area contributed by atoms with E-state index in [4.69, 9.17) is 21.2 Å². The predicted molar refractivity (Wildman–Crippen MR) is 121 cm³/mol. The fourth-order valence-corrected chi connectivity index (χ4v) is 4.36. The van der Waals surface area contributed by atoms with E-state index in [-0.39, 0.29) is 18.9 Å². The van der Waals surface area contributed by atoms with Gasteiger partial charge < -0.3 is 19.5 Å². The van der Waals surface area contributed by atoms with Crippen LogP contribution in [0.1, 0.15) is 29.9 Å². The summed E-state index contributed by atoms with van der Waals surface area (Å²) in [6.07, 6.45) is 2.38. The van der Waals surface area contributed by atoms with E-state index in [9.17, 15) is 4.79 Å². The van der Waals surface area contributed by atoms with Gasteiger partial charge in [0.25, 0.3) is 0 Å². The zero-order chi connectivity index (χ0) is 22.2. The van der Waals surface area contributed by atoms with Crippen molar-refractivity contribution < 1.29 is 14.6 Å². The largest absolute Gasteiger partial charge is 0.502 e. The van der Waals surface area contributed by atoms with Crippen LogP contribution in [0.25, 0.3) is 15.7 Å².